The number of para-hydroxylation sites is 1. The number of fused-ring (bicyclic) bond motifs is 5. The highest BCUT2D eigenvalue weighted by atomic mass is 19.1. The van der Waals surface area contributed by atoms with Crippen LogP contribution in [0.4, 0.5) is 4.39 Å². The first kappa shape index (κ1) is 28.4. The number of hydrogen-bond donors (Lipinski definition) is 2. The molecule has 0 aromatic heterocycles. The van der Waals surface area contributed by atoms with Gasteiger partial charge in [0, 0.05) is 29.6 Å². The third-order valence-corrected chi connectivity index (χ3v) is 10.4. The van der Waals surface area contributed by atoms with Crippen molar-refractivity contribution in [1.29, 1.82) is 0 Å². The number of hydrogen-bond acceptors (Lipinski definition) is 8. The highest BCUT2D eigenvalue weighted by molar-refractivity contribution is 6.01. The van der Waals surface area contributed by atoms with Gasteiger partial charge in [0.2, 0.25) is 5.78 Å². The predicted octanol–water partition coefficient (Wildman–Crippen LogP) is 3.69. The van der Waals surface area contributed by atoms with Crippen LogP contribution < -0.4 is 4.74 Å². The van der Waals surface area contributed by atoms with Crippen molar-refractivity contribution >= 4 is 23.5 Å². The Morgan fingerprint density at radius 1 is 1.15 bits per heavy atom. The lowest BCUT2D eigenvalue weighted by atomic mass is 9.44. The van der Waals surface area contributed by atoms with Crippen LogP contribution in [-0.2, 0) is 19.1 Å². The molecule has 0 amide bonds. The average molecular weight is 555 g/mol. The molecule has 4 aliphatic carbocycles. The van der Waals surface area contributed by atoms with Gasteiger partial charge in [0.15, 0.2) is 17.1 Å². The minimum Gasteiger partial charge on any atom is -0.446 e. The highest BCUT2D eigenvalue weighted by Gasteiger charge is 2.77. The lowest BCUT2D eigenvalue weighted by Gasteiger charge is -2.62. The van der Waals surface area contributed by atoms with Crippen molar-refractivity contribution in [3.8, 4) is 5.75 Å². The summed E-state index contributed by atoms with van der Waals surface area (Å²) in [5, 5.41) is 21.7. The molecular weight excluding hydrogens is 519 g/mol. The fourth-order valence-corrected chi connectivity index (χ4v) is 8.60. The maximum Gasteiger partial charge on any atom is 0.342 e. The summed E-state index contributed by atoms with van der Waals surface area (Å²) in [6, 6.07) is 5.98. The van der Waals surface area contributed by atoms with Gasteiger partial charge in [-0.2, -0.15) is 0 Å². The van der Waals surface area contributed by atoms with Gasteiger partial charge in [-0.05, 0) is 62.8 Å². The number of esters is 2. The molecule has 8 atom stereocenters. The molecule has 1 aromatic rings. The van der Waals surface area contributed by atoms with E-state index < -0.39 is 70.3 Å². The van der Waals surface area contributed by atoms with Crippen LogP contribution in [0.25, 0.3) is 0 Å². The van der Waals surface area contributed by atoms with Gasteiger partial charge in [-0.1, -0.05) is 37.6 Å². The number of carbonyl (C=O) groups is 4. The van der Waals surface area contributed by atoms with E-state index in [2.05, 4.69) is 0 Å². The lowest BCUT2D eigenvalue weighted by molar-refractivity contribution is -0.219. The molecule has 0 unspecified atom stereocenters. The zero-order chi connectivity index (χ0) is 29.3. The fourth-order valence-electron chi connectivity index (χ4n) is 8.60. The molecule has 0 aliphatic heterocycles. The number of alkyl halides is 1. The molecular formula is C31H35FO8. The van der Waals surface area contributed by atoms with E-state index in [1.54, 1.807) is 39.0 Å². The Labute approximate surface area is 232 Å². The van der Waals surface area contributed by atoms with E-state index in [-0.39, 0.29) is 23.5 Å². The SMILES string of the molecule is CC(=O)Oc1ccccc1C(=O)O[C@]1(C(=O)CO)[C@H](C)C[C@H]2[C@@H]3CCC4=CC(=O)C=C[C@]4(C)[C@@]3(F)[C@@H](O)C[C@@]21C. The largest absolute Gasteiger partial charge is 0.446 e. The van der Waals surface area contributed by atoms with Gasteiger partial charge >= 0.3 is 11.9 Å². The maximum atomic E-state index is 17.5. The fraction of sp³-hybridized carbons (Fsp3) is 0.548. The zero-order valence-electron chi connectivity index (χ0n) is 23.1. The zero-order valence-corrected chi connectivity index (χ0v) is 23.1. The Kier molecular flexibility index (Phi) is 6.70. The molecule has 40 heavy (non-hydrogen) atoms. The van der Waals surface area contributed by atoms with Crippen LogP contribution in [0.5, 0.6) is 5.75 Å². The van der Waals surface area contributed by atoms with Crippen molar-refractivity contribution in [3.63, 3.8) is 0 Å². The van der Waals surface area contributed by atoms with Crippen molar-refractivity contribution in [2.24, 2.45) is 28.6 Å². The van der Waals surface area contributed by atoms with Crippen molar-refractivity contribution in [1.82, 2.24) is 0 Å². The summed E-state index contributed by atoms with van der Waals surface area (Å²) in [6.45, 7) is 5.46. The van der Waals surface area contributed by atoms with E-state index in [0.29, 0.717) is 24.8 Å². The molecule has 0 spiro atoms. The molecule has 3 saturated carbocycles. The number of ketones is 2. The van der Waals surface area contributed by atoms with Crippen LogP contribution in [0.3, 0.4) is 0 Å². The minimum absolute atomic E-state index is 0.0384. The van der Waals surface area contributed by atoms with Crippen LogP contribution in [0, 0.1) is 28.6 Å². The van der Waals surface area contributed by atoms with Crippen molar-refractivity contribution in [3.05, 3.63) is 53.6 Å². The molecule has 2 N–H and O–H groups in total. The summed E-state index contributed by atoms with van der Waals surface area (Å²) < 4.78 is 28.8. The summed E-state index contributed by atoms with van der Waals surface area (Å²) in [4.78, 5) is 51.0. The number of benzene rings is 1. The van der Waals surface area contributed by atoms with Crippen LogP contribution >= 0.6 is 0 Å². The normalized spacial score (nSPS) is 39.9. The van der Waals surface area contributed by atoms with E-state index in [9.17, 15) is 29.4 Å². The van der Waals surface area contributed by atoms with Gasteiger partial charge in [-0.3, -0.25) is 14.4 Å². The van der Waals surface area contributed by atoms with Crippen molar-refractivity contribution in [2.75, 3.05) is 6.61 Å². The molecule has 9 heteroatoms. The average Bonchev–Trinajstić information content (AvgIpc) is 3.11. The van der Waals surface area contributed by atoms with Gasteiger partial charge in [-0.25, -0.2) is 9.18 Å². The summed E-state index contributed by atoms with van der Waals surface area (Å²) >= 11 is 0. The van der Waals surface area contributed by atoms with Gasteiger partial charge in [0.25, 0.3) is 0 Å². The first-order chi connectivity index (χ1) is 18.8. The number of rotatable bonds is 5. The molecule has 8 nitrogen and oxygen atoms in total. The molecule has 214 valence electrons. The molecule has 3 fully saturated rings. The number of aliphatic hydroxyl groups is 2. The van der Waals surface area contributed by atoms with E-state index in [1.807, 2.05) is 0 Å². The van der Waals surface area contributed by atoms with E-state index in [0.717, 1.165) is 0 Å². The number of carbonyl (C=O) groups excluding carboxylic acids is 4. The van der Waals surface area contributed by atoms with Gasteiger partial charge < -0.3 is 19.7 Å². The number of halogens is 1. The summed E-state index contributed by atoms with van der Waals surface area (Å²) in [6.07, 6.45) is 3.71. The number of aliphatic hydroxyl groups excluding tert-OH is 2. The highest BCUT2D eigenvalue weighted by Crippen LogP contribution is 2.71. The lowest BCUT2D eigenvalue weighted by Crippen LogP contribution is -2.70. The molecule has 1 aromatic carbocycles. The molecule has 0 saturated heterocycles. The Morgan fingerprint density at radius 3 is 2.52 bits per heavy atom. The minimum atomic E-state index is -2.12. The Morgan fingerprint density at radius 2 is 1.85 bits per heavy atom. The summed E-state index contributed by atoms with van der Waals surface area (Å²) in [5.74, 6) is -4.35. The van der Waals surface area contributed by atoms with E-state index in [4.69, 9.17) is 9.47 Å². The second-order valence-electron chi connectivity index (χ2n) is 12.2. The third-order valence-electron chi connectivity index (χ3n) is 10.4. The summed E-state index contributed by atoms with van der Waals surface area (Å²) in [5.41, 5.74) is -5.86. The van der Waals surface area contributed by atoms with Crippen LogP contribution in [-0.4, -0.2) is 57.7 Å². The quantitative estimate of drug-likeness (QED) is 0.417. The first-order valence-corrected chi connectivity index (χ1v) is 13.7. The first-order valence-electron chi connectivity index (χ1n) is 13.7. The molecule has 0 heterocycles. The predicted molar refractivity (Wildman–Crippen MR) is 141 cm³/mol. The number of Topliss-reactive ketones (excluding diaryl/α,β-unsaturated/α-hetero) is 1. The number of ether oxygens (including phenoxy) is 2. The smallest absolute Gasteiger partial charge is 0.342 e. The van der Waals surface area contributed by atoms with Crippen LogP contribution in [0.1, 0.15) is 63.7 Å². The topological polar surface area (TPSA) is 127 Å². The second-order valence-corrected chi connectivity index (χ2v) is 12.2. The van der Waals surface area contributed by atoms with Gasteiger partial charge in [-0.15, -0.1) is 0 Å². The Bertz CT molecular complexity index is 1350. The van der Waals surface area contributed by atoms with Crippen molar-refractivity contribution in [2.45, 2.75) is 70.8 Å². The molecule has 0 bridgehead atoms. The monoisotopic (exact) mass is 554 g/mol. The van der Waals surface area contributed by atoms with Gasteiger partial charge in [0.1, 0.15) is 17.9 Å². The maximum absolute atomic E-state index is 17.5. The molecule has 0 radical (unpaired) electrons. The Hall–Kier alpha value is -3.17. The standard InChI is InChI=1S/C31H35FO8/c1-17-13-23-22-10-9-19-14-20(35)11-12-28(19,3)30(22,32)25(36)15-29(23,4)31(17,26(37)16-33)40-27(38)21-7-5-6-8-24(21)39-18(2)34/h5-8,11-12,14,17,22-23,25,33,36H,9-10,13,15-16H2,1-4H3/t17-,22+,23+,25+,28+,29+,30+,31+/m1/s1. The Balaban J connectivity index is 1.59. The van der Waals surface area contributed by atoms with E-state index >= 15 is 4.39 Å². The van der Waals surface area contributed by atoms with Crippen LogP contribution in [0.2, 0.25) is 0 Å². The van der Waals surface area contributed by atoms with E-state index in [1.165, 1.54) is 31.2 Å². The van der Waals surface area contributed by atoms with Gasteiger partial charge in [0.05, 0.1) is 6.10 Å². The molecule has 4 aliphatic rings. The van der Waals surface area contributed by atoms with Crippen LogP contribution in [0.15, 0.2) is 48.1 Å². The van der Waals surface area contributed by atoms with Crippen molar-refractivity contribution < 1.29 is 43.3 Å². The summed E-state index contributed by atoms with van der Waals surface area (Å²) in [7, 11) is 0. The number of allylic oxidation sites excluding steroid dienone is 4. The second kappa shape index (κ2) is 9.45. The molecule has 5 rings (SSSR count). The third kappa shape index (κ3) is 3.63.